The number of fused-ring (bicyclic) bond motifs is 1. The highest BCUT2D eigenvalue weighted by molar-refractivity contribution is 5.22. The Morgan fingerprint density at radius 1 is 1.07 bits per heavy atom. The van der Waals surface area contributed by atoms with E-state index in [1.807, 2.05) is 0 Å². The quantitative estimate of drug-likeness (QED) is 0.703. The lowest BCUT2D eigenvalue weighted by Gasteiger charge is -2.08. The van der Waals surface area contributed by atoms with Gasteiger partial charge in [-0.2, -0.15) is 0 Å². The molecule has 2 rings (SSSR count). The fraction of sp³-hybridized carbons (Fsp3) is 0.714. The molecule has 1 aliphatic rings. The van der Waals surface area contributed by atoms with E-state index < -0.39 is 0 Å². The van der Waals surface area contributed by atoms with Crippen molar-refractivity contribution in [1.82, 2.24) is 4.98 Å². The molecule has 1 heteroatoms. The molecule has 0 unspecified atom stereocenters. The molecule has 0 atom stereocenters. The Morgan fingerprint density at radius 3 is 2.33 bits per heavy atom. The van der Waals surface area contributed by atoms with Gasteiger partial charge in [-0.25, -0.2) is 0 Å². The maximum atomic E-state index is 3.26. The molecule has 1 N–H and O–H groups in total. The van der Waals surface area contributed by atoms with E-state index >= 15 is 0 Å². The maximum absolute atomic E-state index is 3.26. The van der Waals surface area contributed by atoms with Gasteiger partial charge in [0.05, 0.1) is 0 Å². The van der Waals surface area contributed by atoms with Crippen molar-refractivity contribution in [3.63, 3.8) is 0 Å². The summed E-state index contributed by atoms with van der Waals surface area (Å²) in [5.41, 5.74) is 3.02. The van der Waals surface area contributed by atoms with Gasteiger partial charge >= 0.3 is 0 Å². The molecule has 1 aromatic heterocycles. The van der Waals surface area contributed by atoms with Crippen molar-refractivity contribution in [3.05, 3.63) is 23.5 Å². The number of hydrogen-bond donors (Lipinski definition) is 1. The Hall–Kier alpha value is -0.720. The summed E-state index contributed by atoms with van der Waals surface area (Å²) in [5.74, 6) is 0. The Labute approximate surface area is 94.3 Å². The lowest BCUT2D eigenvalue weighted by Crippen LogP contribution is -1.99. The Balaban J connectivity index is 0.000000167. The van der Waals surface area contributed by atoms with Crippen LogP contribution in [-0.2, 0) is 12.8 Å². The number of rotatable bonds is 3. The van der Waals surface area contributed by atoms with E-state index in [0.29, 0.717) is 0 Å². The summed E-state index contributed by atoms with van der Waals surface area (Å²) in [6, 6.07) is 2.20. The van der Waals surface area contributed by atoms with Gasteiger partial charge in [0.1, 0.15) is 0 Å². The standard InChI is InChI=1S/C8H11N.C6H14/c1-2-4-8-7(3-1)5-6-9-8;1-3-5-6-4-2/h5-6,9H,1-4H2;3-6H2,1-2H3. The van der Waals surface area contributed by atoms with Crippen LogP contribution in [-0.4, -0.2) is 4.98 Å². The first-order valence-corrected chi connectivity index (χ1v) is 6.53. The number of hydrogen-bond acceptors (Lipinski definition) is 0. The van der Waals surface area contributed by atoms with Gasteiger partial charge in [-0.1, -0.05) is 39.5 Å². The average Bonchev–Trinajstić information content (AvgIpc) is 2.75. The Kier molecular flexibility index (Phi) is 6.22. The number of nitrogens with one attached hydrogen (secondary N) is 1. The highest BCUT2D eigenvalue weighted by atomic mass is 14.7. The van der Waals surface area contributed by atoms with Crippen LogP contribution in [0.5, 0.6) is 0 Å². The molecular weight excluding hydrogens is 182 g/mol. The first kappa shape index (κ1) is 12.4. The summed E-state index contributed by atoms with van der Waals surface area (Å²) < 4.78 is 0. The second-order valence-electron chi connectivity index (χ2n) is 4.40. The second-order valence-corrected chi connectivity index (χ2v) is 4.40. The minimum absolute atomic E-state index is 1.27. The average molecular weight is 207 g/mol. The molecule has 0 saturated carbocycles. The normalized spacial score (nSPS) is 14.0. The van der Waals surface area contributed by atoms with E-state index in [1.165, 1.54) is 57.1 Å². The molecule has 0 bridgehead atoms. The summed E-state index contributed by atoms with van der Waals surface area (Å²) in [6.07, 6.45) is 12.9. The number of H-pyrrole nitrogens is 1. The highest BCUT2D eigenvalue weighted by Gasteiger charge is 2.07. The van der Waals surface area contributed by atoms with Gasteiger partial charge in [-0.3, -0.25) is 0 Å². The third kappa shape index (κ3) is 4.55. The van der Waals surface area contributed by atoms with Crippen molar-refractivity contribution in [3.8, 4) is 0 Å². The molecule has 1 nitrogen and oxygen atoms in total. The predicted molar refractivity (Wildman–Crippen MR) is 67.3 cm³/mol. The molecule has 1 heterocycles. The molecule has 0 aromatic carbocycles. The zero-order chi connectivity index (χ0) is 10.9. The van der Waals surface area contributed by atoms with Gasteiger partial charge in [-0.15, -0.1) is 0 Å². The Bertz CT molecular complexity index is 225. The van der Waals surface area contributed by atoms with E-state index in [1.54, 1.807) is 5.56 Å². The van der Waals surface area contributed by atoms with E-state index in [0.717, 1.165) is 0 Å². The lowest BCUT2D eigenvalue weighted by atomic mass is 9.98. The molecule has 1 aliphatic carbocycles. The number of aromatic amines is 1. The van der Waals surface area contributed by atoms with Crippen LogP contribution >= 0.6 is 0 Å². The van der Waals surface area contributed by atoms with Crippen LogP contribution in [0, 0.1) is 0 Å². The second kappa shape index (κ2) is 7.56. The summed E-state index contributed by atoms with van der Waals surface area (Å²) in [4.78, 5) is 3.26. The first-order valence-electron chi connectivity index (χ1n) is 6.53. The zero-order valence-corrected chi connectivity index (χ0v) is 10.3. The molecule has 0 amide bonds. The van der Waals surface area contributed by atoms with E-state index in [9.17, 15) is 0 Å². The minimum Gasteiger partial charge on any atom is -0.365 e. The molecule has 0 saturated heterocycles. The summed E-state index contributed by atoms with van der Waals surface area (Å²) in [7, 11) is 0. The molecule has 0 fully saturated rings. The smallest absolute Gasteiger partial charge is 0.0179 e. The molecule has 1 aromatic rings. The summed E-state index contributed by atoms with van der Waals surface area (Å²) in [6.45, 7) is 4.46. The SMILES string of the molecule is CCCCCC.c1cc2c([nH]1)CCCC2. The van der Waals surface area contributed by atoms with E-state index in [2.05, 4.69) is 31.1 Å². The van der Waals surface area contributed by atoms with Crippen LogP contribution in [0.2, 0.25) is 0 Å². The maximum Gasteiger partial charge on any atom is 0.0179 e. The van der Waals surface area contributed by atoms with Crippen LogP contribution in [0.3, 0.4) is 0 Å². The molecular formula is C14H25N. The van der Waals surface area contributed by atoms with Crippen molar-refractivity contribution in [2.24, 2.45) is 0 Å². The molecule has 0 radical (unpaired) electrons. The van der Waals surface area contributed by atoms with Crippen molar-refractivity contribution < 1.29 is 0 Å². The summed E-state index contributed by atoms with van der Waals surface area (Å²) >= 11 is 0. The van der Waals surface area contributed by atoms with Crippen molar-refractivity contribution in [2.75, 3.05) is 0 Å². The Morgan fingerprint density at radius 2 is 1.73 bits per heavy atom. The van der Waals surface area contributed by atoms with Crippen LogP contribution < -0.4 is 0 Å². The highest BCUT2D eigenvalue weighted by Crippen LogP contribution is 2.18. The van der Waals surface area contributed by atoms with Crippen molar-refractivity contribution in [1.29, 1.82) is 0 Å². The predicted octanol–water partition coefficient (Wildman–Crippen LogP) is 4.48. The molecule has 0 aliphatic heterocycles. The van der Waals surface area contributed by atoms with E-state index in [-0.39, 0.29) is 0 Å². The molecule has 0 spiro atoms. The third-order valence-electron chi connectivity index (χ3n) is 3.01. The lowest BCUT2D eigenvalue weighted by molar-refractivity contribution is 0.677. The summed E-state index contributed by atoms with van der Waals surface area (Å²) in [5, 5.41) is 0. The van der Waals surface area contributed by atoms with Crippen molar-refractivity contribution in [2.45, 2.75) is 65.2 Å². The van der Waals surface area contributed by atoms with Crippen LogP contribution in [0.25, 0.3) is 0 Å². The van der Waals surface area contributed by atoms with Gasteiger partial charge in [0.25, 0.3) is 0 Å². The van der Waals surface area contributed by atoms with E-state index in [4.69, 9.17) is 0 Å². The van der Waals surface area contributed by atoms with Crippen LogP contribution in [0.4, 0.5) is 0 Å². The largest absolute Gasteiger partial charge is 0.365 e. The molecule has 86 valence electrons. The molecule has 15 heavy (non-hydrogen) atoms. The number of aryl methyl sites for hydroxylation is 2. The van der Waals surface area contributed by atoms with Crippen molar-refractivity contribution >= 4 is 0 Å². The van der Waals surface area contributed by atoms with Crippen LogP contribution in [0.1, 0.15) is 63.6 Å². The van der Waals surface area contributed by atoms with Gasteiger partial charge < -0.3 is 4.98 Å². The van der Waals surface area contributed by atoms with Gasteiger partial charge in [0.15, 0.2) is 0 Å². The zero-order valence-electron chi connectivity index (χ0n) is 10.3. The minimum atomic E-state index is 1.27. The fourth-order valence-corrected chi connectivity index (χ4v) is 2.02. The van der Waals surface area contributed by atoms with Gasteiger partial charge in [-0.05, 0) is 37.3 Å². The number of unbranched alkanes of at least 4 members (excludes halogenated alkanes) is 3. The monoisotopic (exact) mass is 207 g/mol. The van der Waals surface area contributed by atoms with Gasteiger partial charge in [0, 0.05) is 11.9 Å². The van der Waals surface area contributed by atoms with Crippen LogP contribution in [0.15, 0.2) is 12.3 Å². The number of aromatic nitrogens is 1. The van der Waals surface area contributed by atoms with Gasteiger partial charge in [0.2, 0.25) is 0 Å². The topological polar surface area (TPSA) is 15.8 Å². The third-order valence-corrected chi connectivity index (χ3v) is 3.01. The first-order chi connectivity index (χ1) is 7.38. The fourth-order valence-electron chi connectivity index (χ4n) is 2.02.